The number of hydrogen-bond acceptors (Lipinski definition) is 1. The van der Waals surface area contributed by atoms with Gasteiger partial charge in [-0.2, -0.15) is 0 Å². The van der Waals surface area contributed by atoms with Crippen LogP contribution in [-0.4, -0.2) is 6.54 Å². The second-order valence-electron chi connectivity index (χ2n) is 5.42. The van der Waals surface area contributed by atoms with E-state index in [1.165, 1.54) is 5.56 Å². The van der Waals surface area contributed by atoms with Crippen molar-refractivity contribution in [1.29, 1.82) is 0 Å². The largest absolute Gasteiger partial charge is 0.310 e. The molecule has 0 spiro atoms. The molecule has 0 aliphatic rings. The minimum absolute atomic E-state index is 0.194. The van der Waals surface area contributed by atoms with Gasteiger partial charge < -0.3 is 5.32 Å². The molecule has 0 saturated heterocycles. The molecule has 2 atom stereocenters. The molecule has 0 saturated carbocycles. The molecule has 2 rings (SSSR count). The van der Waals surface area contributed by atoms with Crippen LogP contribution in [0.2, 0.25) is 10.0 Å². The Morgan fingerprint density at radius 2 is 1.67 bits per heavy atom. The van der Waals surface area contributed by atoms with Gasteiger partial charge in [-0.05, 0) is 43.0 Å². The lowest BCUT2D eigenvalue weighted by atomic mass is 9.97. The summed E-state index contributed by atoms with van der Waals surface area (Å²) in [5.74, 6) is 0.542. The van der Waals surface area contributed by atoms with Gasteiger partial charge in [-0.1, -0.05) is 72.6 Å². The zero-order valence-corrected chi connectivity index (χ0v) is 14.0. The van der Waals surface area contributed by atoms with Gasteiger partial charge in [0.2, 0.25) is 0 Å². The first-order chi connectivity index (χ1) is 10.1. The molecule has 0 bridgehead atoms. The molecule has 0 aromatic heterocycles. The Kier molecular flexibility index (Phi) is 6.10. The molecule has 2 aromatic carbocycles. The van der Waals surface area contributed by atoms with Gasteiger partial charge in [0, 0.05) is 6.04 Å². The van der Waals surface area contributed by atoms with Crippen LogP contribution in [0.3, 0.4) is 0 Å². The van der Waals surface area contributed by atoms with E-state index in [0.717, 1.165) is 18.5 Å². The van der Waals surface area contributed by atoms with E-state index < -0.39 is 0 Å². The van der Waals surface area contributed by atoms with E-state index in [2.05, 4.69) is 49.5 Å². The van der Waals surface area contributed by atoms with Crippen molar-refractivity contribution in [3.05, 3.63) is 69.7 Å². The summed E-state index contributed by atoms with van der Waals surface area (Å²) in [7, 11) is 0. The van der Waals surface area contributed by atoms with Gasteiger partial charge in [-0.25, -0.2) is 0 Å². The molecule has 1 nitrogen and oxygen atoms in total. The lowest BCUT2D eigenvalue weighted by Crippen LogP contribution is -2.21. The van der Waals surface area contributed by atoms with Gasteiger partial charge >= 0.3 is 0 Å². The molecule has 2 unspecified atom stereocenters. The second kappa shape index (κ2) is 7.84. The molecule has 0 fully saturated rings. The van der Waals surface area contributed by atoms with Crippen LogP contribution in [-0.2, 0) is 0 Å². The predicted octanol–water partition coefficient (Wildman–Crippen LogP) is 5.84. The molecular formula is C18H21Cl2N. The maximum absolute atomic E-state index is 6.25. The van der Waals surface area contributed by atoms with Crippen LogP contribution in [0, 0.1) is 0 Å². The molecule has 21 heavy (non-hydrogen) atoms. The maximum atomic E-state index is 6.25. The van der Waals surface area contributed by atoms with Crippen molar-refractivity contribution in [2.24, 2.45) is 0 Å². The van der Waals surface area contributed by atoms with E-state index in [1.54, 1.807) is 0 Å². The van der Waals surface area contributed by atoms with E-state index in [4.69, 9.17) is 23.2 Å². The Morgan fingerprint density at radius 1 is 0.952 bits per heavy atom. The summed E-state index contributed by atoms with van der Waals surface area (Å²) in [4.78, 5) is 0. The minimum atomic E-state index is 0.194. The van der Waals surface area contributed by atoms with Crippen molar-refractivity contribution >= 4 is 23.2 Å². The molecule has 1 N–H and O–H groups in total. The zero-order valence-electron chi connectivity index (χ0n) is 12.4. The average molecular weight is 322 g/mol. The van der Waals surface area contributed by atoms with Crippen molar-refractivity contribution in [2.75, 3.05) is 6.54 Å². The van der Waals surface area contributed by atoms with E-state index in [1.807, 2.05) is 18.2 Å². The van der Waals surface area contributed by atoms with Crippen LogP contribution in [0.15, 0.2) is 48.5 Å². The summed E-state index contributed by atoms with van der Waals surface area (Å²) in [6, 6.07) is 16.6. The lowest BCUT2D eigenvalue weighted by Gasteiger charge is -2.18. The number of hydrogen-bond donors (Lipinski definition) is 1. The van der Waals surface area contributed by atoms with Crippen LogP contribution in [0.4, 0.5) is 0 Å². The molecule has 0 heterocycles. The van der Waals surface area contributed by atoms with Crippen LogP contribution in [0.1, 0.15) is 43.4 Å². The third-order valence-electron chi connectivity index (χ3n) is 3.84. The first-order valence-electron chi connectivity index (χ1n) is 7.32. The quantitative estimate of drug-likeness (QED) is 0.704. The van der Waals surface area contributed by atoms with Gasteiger partial charge in [-0.3, -0.25) is 0 Å². The molecule has 0 aliphatic heterocycles. The third-order valence-corrected chi connectivity index (χ3v) is 4.68. The fraction of sp³-hybridized carbons (Fsp3) is 0.333. The minimum Gasteiger partial charge on any atom is -0.310 e. The van der Waals surface area contributed by atoms with E-state index in [9.17, 15) is 0 Å². The monoisotopic (exact) mass is 321 g/mol. The fourth-order valence-electron chi connectivity index (χ4n) is 2.43. The van der Waals surface area contributed by atoms with Crippen molar-refractivity contribution in [3.8, 4) is 0 Å². The first-order valence-corrected chi connectivity index (χ1v) is 8.07. The standard InChI is InChI=1S/C18H21Cl2N/c1-13(15-7-4-3-5-8-15)11-12-21-14(2)16-9-6-10-17(19)18(16)20/h3-10,13-14,21H,11-12H2,1-2H3. The molecule has 0 radical (unpaired) electrons. The summed E-state index contributed by atoms with van der Waals surface area (Å²) < 4.78 is 0. The Morgan fingerprint density at radius 3 is 2.38 bits per heavy atom. The molecule has 112 valence electrons. The van der Waals surface area contributed by atoms with Gasteiger partial charge in [0.15, 0.2) is 0 Å². The highest BCUT2D eigenvalue weighted by molar-refractivity contribution is 6.42. The lowest BCUT2D eigenvalue weighted by molar-refractivity contribution is 0.531. The van der Waals surface area contributed by atoms with E-state index >= 15 is 0 Å². The predicted molar refractivity (Wildman–Crippen MR) is 92.4 cm³/mol. The van der Waals surface area contributed by atoms with E-state index in [0.29, 0.717) is 16.0 Å². The highest BCUT2D eigenvalue weighted by atomic mass is 35.5. The first kappa shape index (κ1) is 16.4. The summed E-state index contributed by atoms with van der Waals surface area (Å²) in [6.07, 6.45) is 1.09. The highest BCUT2D eigenvalue weighted by Crippen LogP contribution is 2.29. The number of benzene rings is 2. The topological polar surface area (TPSA) is 12.0 Å². The summed E-state index contributed by atoms with van der Waals surface area (Å²) in [5, 5.41) is 4.78. The Bertz CT molecular complexity index is 569. The summed E-state index contributed by atoms with van der Waals surface area (Å²) >= 11 is 12.3. The van der Waals surface area contributed by atoms with Gasteiger partial charge in [0.1, 0.15) is 0 Å². The van der Waals surface area contributed by atoms with Gasteiger partial charge in [-0.15, -0.1) is 0 Å². The van der Waals surface area contributed by atoms with Crippen LogP contribution >= 0.6 is 23.2 Å². The average Bonchev–Trinajstić information content (AvgIpc) is 2.50. The number of rotatable bonds is 6. The van der Waals surface area contributed by atoms with Crippen LogP contribution in [0.25, 0.3) is 0 Å². The molecule has 2 aromatic rings. The summed E-state index contributed by atoms with van der Waals surface area (Å²) in [5.41, 5.74) is 2.43. The maximum Gasteiger partial charge on any atom is 0.0639 e. The molecule has 3 heteroatoms. The van der Waals surface area contributed by atoms with Crippen molar-refractivity contribution in [2.45, 2.75) is 32.2 Å². The SMILES string of the molecule is CC(CCNC(C)c1cccc(Cl)c1Cl)c1ccccc1. The highest BCUT2D eigenvalue weighted by Gasteiger charge is 2.12. The van der Waals surface area contributed by atoms with Gasteiger partial charge in [0.05, 0.1) is 10.0 Å². The van der Waals surface area contributed by atoms with Crippen molar-refractivity contribution in [1.82, 2.24) is 5.32 Å². The second-order valence-corrected chi connectivity index (χ2v) is 6.20. The van der Waals surface area contributed by atoms with Gasteiger partial charge in [0.25, 0.3) is 0 Å². The van der Waals surface area contributed by atoms with Crippen LogP contribution in [0.5, 0.6) is 0 Å². The Hall–Kier alpha value is -1.02. The van der Waals surface area contributed by atoms with E-state index in [-0.39, 0.29) is 6.04 Å². The molecular weight excluding hydrogens is 301 g/mol. The fourth-order valence-corrected chi connectivity index (χ4v) is 2.90. The number of nitrogens with one attached hydrogen (secondary N) is 1. The van der Waals surface area contributed by atoms with Crippen LogP contribution < -0.4 is 5.32 Å². The Balaban J connectivity index is 1.87. The molecule has 0 aliphatic carbocycles. The Labute approximate surface area is 137 Å². The third kappa shape index (κ3) is 4.47. The van der Waals surface area contributed by atoms with Crippen molar-refractivity contribution in [3.63, 3.8) is 0 Å². The summed E-state index contributed by atoms with van der Waals surface area (Å²) in [6.45, 7) is 5.32. The number of halogens is 2. The van der Waals surface area contributed by atoms with Crippen molar-refractivity contribution < 1.29 is 0 Å². The molecule has 0 amide bonds. The normalized spacial score (nSPS) is 13.9. The zero-order chi connectivity index (χ0) is 15.2. The smallest absolute Gasteiger partial charge is 0.0639 e.